The highest BCUT2D eigenvalue weighted by molar-refractivity contribution is 5.63. The van der Waals surface area contributed by atoms with Crippen molar-refractivity contribution in [2.24, 2.45) is 0 Å². The molecule has 1 aromatic rings. The van der Waals surface area contributed by atoms with Gasteiger partial charge in [0.2, 0.25) is 0 Å². The highest BCUT2D eigenvalue weighted by Crippen LogP contribution is 2.29. The Morgan fingerprint density at radius 1 is 1.50 bits per heavy atom. The van der Waals surface area contributed by atoms with Gasteiger partial charge in [-0.25, -0.2) is 0 Å². The van der Waals surface area contributed by atoms with Gasteiger partial charge in [-0.15, -0.1) is 0 Å². The van der Waals surface area contributed by atoms with Crippen LogP contribution in [0.25, 0.3) is 0 Å². The summed E-state index contributed by atoms with van der Waals surface area (Å²) in [4.78, 5) is 2.26. The van der Waals surface area contributed by atoms with Gasteiger partial charge < -0.3 is 15.4 Å². The highest BCUT2D eigenvalue weighted by atomic mass is 16.5. The Hall–Kier alpha value is -1.73. The van der Waals surface area contributed by atoms with E-state index in [-0.39, 0.29) is 5.60 Å². The largest absolute Gasteiger partial charge is 0.398 e. The minimum absolute atomic E-state index is 0.105. The molecule has 96 valence electrons. The lowest BCUT2D eigenvalue weighted by Gasteiger charge is -2.40. The van der Waals surface area contributed by atoms with Gasteiger partial charge in [-0.05, 0) is 38.0 Å². The molecule has 2 N–H and O–H groups in total. The minimum atomic E-state index is -0.105. The van der Waals surface area contributed by atoms with Gasteiger partial charge >= 0.3 is 0 Å². The molecule has 0 amide bonds. The summed E-state index contributed by atoms with van der Waals surface area (Å²) >= 11 is 0. The number of rotatable bonds is 2. The number of benzene rings is 1. The molecule has 1 saturated heterocycles. The van der Waals surface area contributed by atoms with Gasteiger partial charge in [0, 0.05) is 31.6 Å². The molecule has 1 unspecified atom stereocenters. The zero-order valence-electron chi connectivity index (χ0n) is 10.9. The molecule has 0 aliphatic carbocycles. The lowest BCUT2D eigenvalue weighted by atomic mass is 9.94. The van der Waals surface area contributed by atoms with Crippen molar-refractivity contribution >= 4 is 11.4 Å². The molecule has 0 aromatic heterocycles. The fraction of sp³-hybridized carbons (Fsp3) is 0.500. The zero-order valence-corrected chi connectivity index (χ0v) is 10.9. The van der Waals surface area contributed by atoms with Crippen molar-refractivity contribution in [3.8, 4) is 6.07 Å². The van der Waals surface area contributed by atoms with Crippen LogP contribution in [0.2, 0.25) is 0 Å². The van der Waals surface area contributed by atoms with Crippen LogP contribution in [0.15, 0.2) is 18.2 Å². The molecule has 18 heavy (non-hydrogen) atoms. The van der Waals surface area contributed by atoms with Crippen LogP contribution in [0.5, 0.6) is 0 Å². The van der Waals surface area contributed by atoms with Gasteiger partial charge in [-0.3, -0.25) is 0 Å². The Labute approximate surface area is 108 Å². The van der Waals surface area contributed by atoms with Gasteiger partial charge in [-0.2, -0.15) is 5.26 Å². The van der Waals surface area contributed by atoms with Crippen molar-refractivity contribution in [3.63, 3.8) is 0 Å². The van der Waals surface area contributed by atoms with Gasteiger partial charge in [0.15, 0.2) is 0 Å². The predicted molar refractivity (Wildman–Crippen MR) is 72.4 cm³/mol. The van der Waals surface area contributed by atoms with E-state index in [1.807, 2.05) is 12.1 Å². The zero-order chi connectivity index (χ0) is 13.2. The van der Waals surface area contributed by atoms with Crippen molar-refractivity contribution in [1.29, 1.82) is 5.26 Å². The lowest BCUT2D eigenvalue weighted by Crippen LogP contribution is -2.47. The molecule has 1 fully saturated rings. The SMILES string of the molecule is COC1(C)CCCN(c2ccc(N)c(C#N)c2)C1. The first-order valence-electron chi connectivity index (χ1n) is 6.18. The van der Waals surface area contributed by atoms with Crippen molar-refractivity contribution in [2.45, 2.75) is 25.4 Å². The van der Waals surface area contributed by atoms with Gasteiger partial charge in [0.05, 0.1) is 11.2 Å². The van der Waals surface area contributed by atoms with Crippen LogP contribution >= 0.6 is 0 Å². The third-order valence-corrected chi connectivity index (χ3v) is 3.67. The average Bonchev–Trinajstić information content (AvgIpc) is 2.39. The standard InChI is InChI=1S/C14H19N3O/c1-14(18-2)6-3-7-17(10-14)12-4-5-13(16)11(8-12)9-15/h4-5,8H,3,6-7,10,16H2,1-2H3. The van der Waals surface area contributed by atoms with Crippen LogP contribution in [0.1, 0.15) is 25.3 Å². The van der Waals surface area contributed by atoms with E-state index in [0.29, 0.717) is 11.3 Å². The minimum Gasteiger partial charge on any atom is -0.398 e. The maximum Gasteiger partial charge on any atom is 0.101 e. The van der Waals surface area contributed by atoms with Crippen LogP contribution in [-0.4, -0.2) is 25.8 Å². The number of hydrogen-bond acceptors (Lipinski definition) is 4. The molecule has 1 aliphatic heterocycles. The second-order valence-electron chi connectivity index (χ2n) is 5.06. The van der Waals surface area contributed by atoms with Crippen LogP contribution < -0.4 is 10.6 Å². The molecule has 4 heteroatoms. The average molecular weight is 245 g/mol. The molecule has 1 aliphatic rings. The van der Waals surface area contributed by atoms with Gasteiger partial charge in [-0.1, -0.05) is 0 Å². The van der Waals surface area contributed by atoms with E-state index >= 15 is 0 Å². The molecule has 0 saturated carbocycles. The van der Waals surface area contributed by atoms with Crippen molar-refractivity contribution < 1.29 is 4.74 Å². The monoisotopic (exact) mass is 245 g/mol. The quantitative estimate of drug-likeness (QED) is 0.811. The number of piperidine rings is 1. The molecular weight excluding hydrogens is 226 g/mol. The maximum absolute atomic E-state index is 9.02. The Morgan fingerprint density at radius 2 is 2.28 bits per heavy atom. The molecule has 0 radical (unpaired) electrons. The second-order valence-corrected chi connectivity index (χ2v) is 5.06. The van der Waals surface area contributed by atoms with E-state index in [0.717, 1.165) is 31.6 Å². The molecule has 2 rings (SSSR count). The van der Waals surface area contributed by atoms with E-state index in [1.54, 1.807) is 13.2 Å². The normalized spacial score (nSPS) is 23.7. The number of methoxy groups -OCH3 is 1. The van der Waals surface area contributed by atoms with E-state index in [4.69, 9.17) is 15.7 Å². The van der Waals surface area contributed by atoms with Crippen molar-refractivity contribution in [1.82, 2.24) is 0 Å². The van der Waals surface area contributed by atoms with E-state index in [1.165, 1.54) is 0 Å². The van der Waals surface area contributed by atoms with Crippen molar-refractivity contribution in [3.05, 3.63) is 23.8 Å². The number of ether oxygens (including phenoxy) is 1. The van der Waals surface area contributed by atoms with Gasteiger partial charge in [0.25, 0.3) is 0 Å². The predicted octanol–water partition coefficient (Wildman–Crippen LogP) is 2.15. The van der Waals surface area contributed by atoms with Crippen molar-refractivity contribution in [2.75, 3.05) is 30.8 Å². The summed E-state index contributed by atoms with van der Waals surface area (Å²) in [5, 5.41) is 9.02. The smallest absolute Gasteiger partial charge is 0.101 e. The van der Waals surface area contributed by atoms with E-state index < -0.39 is 0 Å². The van der Waals surface area contributed by atoms with Gasteiger partial charge in [0.1, 0.15) is 6.07 Å². The summed E-state index contributed by atoms with van der Waals surface area (Å²) in [5.74, 6) is 0. The molecule has 0 bridgehead atoms. The van der Waals surface area contributed by atoms with Crippen LogP contribution in [0.4, 0.5) is 11.4 Å². The number of nitrogen functional groups attached to an aromatic ring is 1. The summed E-state index contributed by atoms with van der Waals surface area (Å²) in [5.41, 5.74) is 7.76. The molecule has 1 aromatic carbocycles. The van der Waals surface area contributed by atoms with Crippen LogP contribution in [-0.2, 0) is 4.74 Å². The highest BCUT2D eigenvalue weighted by Gasteiger charge is 2.30. The summed E-state index contributed by atoms with van der Waals surface area (Å²) in [7, 11) is 1.76. The first-order chi connectivity index (χ1) is 8.58. The third-order valence-electron chi connectivity index (χ3n) is 3.67. The lowest BCUT2D eigenvalue weighted by molar-refractivity contribution is -0.00465. The maximum atomic E-state index is 9.02. The summed E-state index contributed by atoms with van der Waals surface area (Å²) in [6.07, 6.45) is 2.16. The van der Waals surface area contributed by atoms with Crippen LogP contribution in [0.3, 0.4) is 0 Å². The number of nitrogens with two attached hydrogens (primary N) is 1. The second kappa shape index (κ2) is 4.87. The molecule has 1 atom stereocenters. The fourth-order valence-electron chi connectivity index (χ4n) is 2.43. The molecular formula is C14H19N3O. The molecule has 0 spiro atoms. The Kier molecular flexibility index (Phi) is 3.44. The first-order valence-corrected chi connectivity index (χ1v) is 6.18. The van der Waals surface area contributed by atoms with E-state index in [9.17, 15) is 0 Å². The summed E-state index contributed by atoms with van der Waals surface area (Å²) in [6.45, 7) is 3.97. The summed E-state index contributed by atoms with van der Waals surface area (Å²) in [6, 6.07) is 7.75. The van der Waals surface area contributed by atoms with Crippen LogP contribution in [0, 0.1) is 11.3 Å². The molecule has 4 nitrogen and oxygen atoms in total. The topological polar surface area (TPSA) is 62.3 Å². The Bertz CT molecular complexity index is 480. The molecule has 1 heterocycles. The first kappa shape index (κ1) is 12.7. The third kappa shape index (κ3) is 2.41. The number of nitrogens with zero attached hydrogens (tertiary/aromatic N) is 2. The Morgan fingerprint density at radius 3 is 2.94 bits per heavy atom. The number of anilines is 2. The van der Waals surface area contributed by atoms with E-state index in [2.05, 4.69) is 17.9 Å². The fourth-order valence-corrected chi connectivity index (χ4v) is 2.43. The number of nitriles is 1. The number of hydrogen-bond donors (Lipinski definition) is 1. The summed E-state index contributed by atoms with van der Waals surface area (Å²) < 4.78 is 5.58. The Balaban J connectivity index is 2.24.